The third-order valence-electron chi connectivity index (χ3n) is 3.18. The summed E-state index contributed by atoms with van der Waals surface area (Å²) in [6, 6.07) is 5.88. The minimum absolute atomic E-state index is 0.0653. The molecule has 0 aliphatic rings. The number of carbonyl (C=O) groups is 1. The van der Waals surface area contributed by atoms with Crippen molar-refractivity contribution in [3.63, 3.8) is 0 Å². The molecule has 1 amide bonds. The zero-order valence-electron chi connectivity index (χ0n) is 11.7. The Hall–Kier alpha value is -3.55. The Morgan fingerprint density at radius 1 is 1.13 bits per heavy atom. The number of nitro benzene ring substituents is 1. The predicted molar refractivity (Wildman–Crippen MR) is 81.2 cm³/mol. The van der Waals surface area contributed by atoms with Crippen LogP contribution < -0.4 is 10.5 Å². The molecule has 0 saturated heterocycles. The smallest absolute Gasteiger partial charge is 0.279 e. The van der Waals surface area contributed by atoms with Crippen LogP contribution in [-0.2, 0) is 0 Å². The van der Waals surface area contributed by atoms with Gasteiger partial charge in [-0.3, -0.25) is 24.9 Å². The highest BCUT2D eigenvalue weighted by Crippen LogP contribution is 2.34. The largest absolute Gasteiger partial charge is 0.455 e. The first-order chi connectivity index (χ1) is 11.1. The summed E-state index contributed by atoms with van der Waals surface area (Å²) in [6.07, 6.45) is 5.66. The maximum absolute atomic E-state index is 11.2. The van der Waals surface area contributed by atoms with E-state index in [1.165, 1.54) is 43.0 Å². The van der Waals surface area contributed by atoms with Crippen LogP contribution in [-0.4, -0.2) is 20.8 Å². The minimum Gasteiger partial charge on any atom is -0.455 e. The lowest BCUT2D eigenvalue weighted by molar-refractivity contribution is -0.383. The molecule has 0 atom stereocenters. The topological polar surface area (TPSA) is 121 Å². The highest BCUT2D eigenvalue weighted by atomic mass is 16.6. The quantitative estimate of drug-likeness (QED) is 0.583. The third-order valence-corrected chi connectivity index (χ3v) is 3.18. The molecule has 3 rings (SSSR count). The van der Waals surface area contributed by atoms with Crippen molar-refractivity contribution in [2.24, 2.45) is 5.73 Å². The molecule has 23 heavy (non-hydrogen) atoms. The molecule has 3 aromatic rings. The van der Waals surface area contributed by atoms with Gasteiger partial charge < -0.3 is 10.5 Å². The number of carbonyl (C=O) groups excluding carboxylic acids is 1. The molecule has 1 aromatic carbocycles. The fourth-order valence-electron chi connectivity index (χ4n) is 2.13. The van der Waals surface area contributed by atoms with Crippen LogP contribution in [0.15, 0.2) is 49.1 Å². The Labute approximate surface area is 129 Å². The molecule has 0 radical (unpaired) electrons. The summed E-state index contributed by atoms with van der Waals surface area (Å²) in [6.45, 7) is 0. The minimum atomic E-state index is -0.624. The van der Waals surface area contributed by atoms with E-state index >= 15 is 0 Å². The van der Waals surface area contributed by atoms with Gasteiger partial charge >= 0.3 is 0 Å². The van der Waals surface area contributed by atoms with Crippen LogP contribution in [0.4, 0.5) is 5.69 Å². The lowest BCUT2D eigenvalue weighted by Crippen LogP contribution is -2.11. The summed E-state index contributed by atoms with van der Waals surface area (Å²) in [4.78, 5) is 29.6. The van der Waals surface area contributed by atoms with Gasteiger partial charge in [-0.25, -0.2) is 0 Å². The van der Waals surface area contributed by atoms with Gasteiger partial charge in [0.2, 0.25) is 5.91 Å². The number of nitro groups is 1. The number of non-ortho nitro benzene ring substituents is 1. The van der Waals surface area contributed by atoms with Crippen molar-refractivity contribution in [3.8, 4) is 11.5 Å². The summed E-state index contributed by atoms with van der Waals surface area (Å²) in [5.41, 5.74) is 5.34. The molecule has 0 aliphatic carbocycles. The number of benzene rings is 1. The number of ether oxygens (including phenoxy) is 1. The van der Waals surface area contributed by atoms with Gasteiger partial charge in [0, 0.05) is 30.0 Å². The number of amides is 1. The number of pyridine rings is 2. The summed E-state index contributed by atoms with van der Waals surface area (Å²) < 4.78 is 5.70. The summed E-state index contributed by atoms with van der Waals surface area (Å²) in [5.74, 6) is 0.0605. The van der Waals surface area contributed by atoms with E-state index in [-0.39, 0.29) is 11.3 Å². The van der Waals surface area contributed by atoms with E-state index in [1.807, 2.05) is 0 Å². The van der Waals surface area contributed by atoms with Gasteiger partial charge in [0.15, 0.2) is 0 Å². The van der Waals surface area contributed by atoms with E-state index in [0.29, 0.717) is 22.3 Å². The monoisotopic (exact) mass is 310 g/mol. The SMILES string of the molecule is NC(=O)c1cncc(Oc2ccc([N+](=O)[O-])c3cnccc23)c1. The number of primary amides is 1. The van der Waals surface area contributed by atoms with Crippen LogP contribution in [0.5, 0.6) is 11.5 Å². The standard InChI is InChI=1S/C15H10N4O4/c16-15(20)9-5-10(7-18-6-9)23-14-2-1-13(19(21)22)12-8-17-4-3-11(12)14/h1-8H,(H2,16,20). The van der Waals surface area contributed by atoms with Gasteiger partial charge in [-0.15, -0.1) is 0 Å². The van der Waals surface area contributed by atoms with E-state index in [0.717, 1.165) is 0 Å². The molecule has 0 saturated carbocycles. The molecule has 0 unspecified atom stereocenters. The van der Waals surface area contributed by atoms with E-state index in [1.54, 1.807) is 6.07 Å². The molecule has 2 heterocycles. The molecule has 0 fully saturated rings. The maximum Gasteiger partial charge on any atom is 0.279 e. The fourth-order valence-corrected chi connectivity index (χ4v) is 2.13. The summed E-state index contributed by atoms with van der Waals surface area (Å²) >= 11 is 0. The Morgan fingerprint density at radius 3 is 2.70 bits per heavy atom. The van der Waals surface area contributed by atoms with Crippen molar-refractivity contribution >= 4 is 22.4 Å². The van der Waals surface area contributed by atoms with Gasteiger partial charge in [-0.2, -0.15) is 0 Å². The van der Waals surface area contributed by atoms with Gasteiger partial charge in [0.05, 0.1) is 22.1 Å². The van der Waals surface area contributed by atoms with E-state index in [2.05, 4.69) is 9.97 Å². The summed E-state index contributed by atoms with van der Waals surface area (Å²) in [7, 11) is 0. The Kier molecular flexibility index (Phi) is 3.55. The predicted octanol–water partition coefficient (Wildman–Crippen LogP) is 2.43. The zero-order valence-corrected chi connectivity index (χ0v) is 11.7. The van der Waals surface area contributed by atoms with Crippen molar-refractivity contribution in [2.75, 3.05) is 0 Å². The average molecular weight is 310 g/mol. The molecule has 0 spiro atoms. The number of hydrogen-bond acceptors (Lipinski definition) is 6. The van der Waals surface area contributed by atoms with Crippen molar-refractivity contribution in [2.45, 2.75) is 0 Å². The van der Waals surface area contributed by atoms with Crippen LogP contribution in [0.1, 0.15) is 10.4 Å². The second-order valence-electron chi connectivity index (χ2n) is 4.64. The number of hydrogen-bond donors (Lipinski definition) is 1. The lowest BCUT2D eigenvalue weighted by atomic mass is 10.1. The molecule has 8 heteroatoms. The lowest BCUT2D eigenvalue weighted by Gasteiger charge is -2.09. The molecule has 0 bridgehead atoms. The first-order valence-corrected chi connectivity index (χ1v) is 6.50. The second-order valence-corrected chi connectivity index (χ2v) is 4.64. The molecular weight excluding hydrogens is 300 g/mol. The van der Waals surface area contributed by atoms with Crippen molar-refractivity contribution in [3.05, 3.63) is 64.7 Å². The molecular formula is C15H10N4O4. The normalized spacial score (nSPS) is 10.4. The van der Waals surface area contributed by atoms with E-state index in [9.17, 15) is 14.9 Å². The maximum atomic E-state index is 11.2. The molecule has 2 aromatic heterocycles. The second kappa shape index (κ2) is 5.68. The number of fused-ring (bicyclic) bond motifs is 1. The molecule has 0 aliphatic heterocycles. The van der Waals surface area contributed by atoms with E-state index in [4.69, 9.17) is 10.5 Å². The van der Waals surface area contributed by atoms with Crippen LogP contribution in [0.3, 0.4) is 0 Å². The highest BCUT2D eigenvalue weighted by Gasteiger charge is 2.15. The number of nitrogens with two attached hydrogens (primary N) is 1. The molecule has 2 N–H and O–H groups in total. The first-order valence-electron chi connectivity index (χ1n) is 6.50. The Balaban J connectivity index is 2.08. The first kappa shape index (κ1) is 14.4. The molecule has 8 nitrogen and oxygen atoms in total. The van der Waals surface area contributed by atoms with Gasteiger partial charge in [-0.05, 0) is 18.2 Å². The summed E-state index contributed by atoms with van der Waals surface area (Å²) in [5, 5.41) is 12.0. The van der Waals surface area contributed by atoms with Gasteiger partial charge in [0.25, 0.3) is 5.69 Å². The Morgan fingerprint density at radius 2 is 1.96 bits per heavy atom. The number of rotatable bonds is 4. The Bertz CT molecular complexity index is 926. The van der Waals surface area contributed by atoms with E-state index < -0.39 is 10.8 Å². The highest BCUT2D eigenvalue weighted by molar-refractivity contribution is 5.95. The number of nitrogens with zero attached hydrogens (tertiary/aromatic N) is 3. The van der Waals surface area contributed by atoms with Crippen LogP contribution in [0.25, 0.3) is 10.8 Å². The molecule has 114 valence electrons. The van der Waals surface area contributed by atoms with Gasteiger partial charge in [-0.1, -0.05) is 0 Å². The third kappa shape index (κ3) is 2.77. The van der Waals surface area contributed by atoms with Crippen molar-refractivity contribution < 1.29 is 14.5 Å². The van der Waals surface area contributed by atoms with Crippen molar-refractivity contribution in [1.29, 1.82) is 0 Å². The van der Waals surface area contributed by atoms with Crippen LogP contribution in [0.2, 0.25) is 0 Å². The van der Waals surface area contributed by atoms with Crippen molar-refractivity contribution in [1.82, 2.24) is 9.97 Å². The average Bonchev–Trinajstić information content (AvgIpc) is 2.55. The van der Waals surface area contributed by atoms with Gasteiger partial charge in [0.1, 0.15) is 11.5 Å². The van der Waals surface area contributed by atoms with Crippen LogP contribution in [0, 0.1) is 10.1 Å². The number of aromatic nitrogens is 2. The fraction of sp³-hybridized carbons (Fsp3) is 0. The van der Waals surface area contributed by atoms with Crippen LogP contribution >= 0.6 is 0 Å². The zero-order chi connectivity index (χ0) is 16.4.